The summed E-state index contributed by atoms with van der Waals surface area (Å²) < 4.78 is 0. The van der Waals surface area contributed by atoms with Crippen LogP contribution in [-0.4, -0.2) is 94.9 Å². The van der Waals surface area contributed by atoms with E-state index < -0.39 is 97.0 Å². The highest BCUT2D eigenvalue weighted by Crippen LogP contribution is 2.32. The summed E-state index contributed by atoms with van der Waals surface area (Å²) in [5, 5.41) is 40.8. The van der Waals surface area contributed by atoms with Gasteiger partial charge in [-0.3, -0.25) is 33.6 Å². The Morgan fingerprint density at radius 1 is 0.820 bits per heavy atom. The Morgan fingerprint density at radius 2 is 1.44 bits per heavy atom. The fourth-order valence-corrected chi connectivity index (χ4v) is 5.49. The summed E-state index contributed by atoms with van der Waals surface area (Å²) in [7, 11) is 0. The fourth-order valence-electron chi connectivity index (χ4n) is 5.49. The summed E-state index contributed by atoms with van der Waals surface area (Å²) >= 11 is 0. The van der Waals surface area contributed by atoms with Crippen LogP contribution in [0.15, 0.2) is 30.5 Å². The first-order valence-electron chi connectivity index (χ1n) is 15.3. The van der Waals surface area contributed by atoms with Gasteiger partial charge in [-0.15, -0.1) is 0 Å². The molecule has 0 aliphatic heterocycles. The molecule has 3 rings (SSSR count). The fraction of sp³-hybridized carbons (Fsp3) is 0.387. The van der Waals surface area contributed by atoms with E-state index in [-0.39, 0.29) is 17.3 Å². The van der Waals surface area contributed by atoms with E-state index in [0.29, 0.717) is 30.3 Å². The van der Waals surface area contributed by atoms with Gasteiger partial charge in [0.1, 0.15) is 17.5 Å². The van der Waals surface area contributed by atoms with Crippen LogP contribution in [0.4, 0.5) is 11.8 Å². The van der Waals surface area contributed by atoms with E-state index in [9.17, 15) is 48.9 Å². The van der Waals surface area contributed by atoms with Gasteiger partial charge in [-0.2, -0.15) is 9.97 Å². The minimum atomic E-state index is -3.27. The van der Waals surface area contributed by atoms with Gasteiger partial charge < -0.3 is 53.7 Å². The maximum atomic E-state index is 14.0. The molecule has 19 nitrogen and oxygen atoms in total. The van der Waals surface area contributed by atoms with Crippen molar-refractivity contribution in [1.82, 2.24) is 20.3 Å². The first kappa shape index (κ1) is 38.5. The minimum Gasteiger partial charge on any atom is -0.481 e. The number of H-pyrrole nitrogens is 1. The SMILES string of the molecule is Nc1nc(N)c2c(CCCc3ccc(C(=O)N[C@@H](CCC(=O)O)C(=O)C(C[C@H](N)C(=O)O)(C(=O)O)C(=O)[C@@H](N)CCC(=O)O)cc3)c[nH]c2n1. The Kier molecular flexibility index (Phi) is 12.7. The van der Waals surface area contributed by atoms with Crippen LogP contribution in [-0.2, 0) is 41.6 Å². The maximum Gasteiger partial charge on any atom is 0.325 e. The molecule has 2 aromatic heterocycles. The summed E-state index contributed by atoms with van der Waals surface area (Å²) in [6.45, 7) is 0. The lowest BCUT2D eigenvalue weighted by Gasteiger charge is -2.33. The normalized spacial score (nSPS) is 14.2. The Balaban J connectivity index is 1.83. The van der Waals surface area contributed by atoms with Crippen molar-refractivity contribution in [2.45, 2.75) is 69.5 Å². The number of hydrogen-bond donors (Lipinski definition) is 10. The molecule has 2 heterocycles. The summed E-state index contributed by atoms with van der Waals surface area (Å²) in [5.41, 5.74) is 21.9. The van der Waals surface area contributed by atoms with Crippen molar-refractivity contribution in [3.05, 3.63) is 47.2 Å². The smallest absolute Gasteiger partial charge is 0.325 e. The molecule has 0 spiro atoms. The quantitative estimate of drug-likeness (QED) is 0.0662. The number of rotatable bonds is 20. The number of aryl methyl sites for hydroxylation is 2. The van der Waals surface area contributed by atoms with Gasteiger partial charge in [-0.1, -0.05) is 12.1 Å². The average Bonchev–Trinajstić information content (AvgIpc) is 3.46. The van der Waals surface area contributed by atoms with Crippen molar-refractivity contribution >= 4 is 64.2 Å². The summed E-state index contributed by atoms with van der Waals surface area (Å²) in [4.78, 5) is 98.6. The van der Waals surface area contributed by atoms with Gasteiger partial charge in [-0.05, 0) is 55.4 Å². The number of nitrogens with zero attached hydrogens (tertiary/aromatic N) is 2. The molecule has 0 aliphatic rings. The molecular formula is C31H38N8O11. The third-order valence-corrected chi connectivity index (χ3v) is 8.11. The third kappa shape index (κ3) is 9.14. The Bertz CT molecular complexity index is 1790. The average molecular weight is 699 g/mol. The molecule has 0 saturated heterocycles. The molecule has 0 saturated carbocycles. The standard InChI is InChI=1S/C31H38N8O11/c32-17(8-10-20(40)41)23(44)31(29(49)50,12-18(33)28(47)48)24(45)19(9-11-21(42)43)37-27(46)15-6-4-14(5-7-15)2-1-3-16-13-36-26-22(16)25(34)38-30(35)39-26/h4-7,13,17-19H,1-3,8-12,32-33H2,(H,37,46)(H,40,41)(H,42,43)(H,47,48)(H,49,50)(H5,34,35,36,38,39)/t17-,18-,19-,31?/m0/s1. The minimum absolute atomic E-state index is 0.00587. The number of aliphatic carboxylic acids is 4. The van der Waals surface area contributed by atoms with Crippen molar-refractivity contribution in [3.8, 4) is 0 Å². The lowest BCUT2D eigenvalue weighted by molar-refractivity contribution is -0.162. The van der Waals surface area contributed by atoms with Crippen LogP contribution < -0.4 is 28.3 Å². The molecule has 0 fully saturated rings. The summed E-state index contributed by atoms with van der Waals surface area (Å²) in [6, 6.07) is 0.214. The second-order valence-corrected chi connectivity index (χ2v) is 11.6. The number of hydrogen-bond acceptors (Lipinski definition) is 13. The zero-order chi connectivity index (χ0) is 37.3. The number of aromatic nitrogens is 3. The van der Waals surface area contributed by atoms with Crippen LogP contribution in [0, 0.1) is 5.41 Å². The number of Topliss-reactive ketones (excluding diaryl/α,β-unsaturated/α-hetero) is 2. The molecule has 0 bridgehead atoms. The Labute approximate surface area is 283 Å². The summed E-state index contributed by atoms with van der Waals surface area (Å²) in [6.07, 6.45) is -0.489. The number of carboxylic acids is 4. The van der Waals surface area contributed by atoms with E-state index in [4.69, 9.17) is 28.0 Å². The Hall–Kier alpha value is -5.95. The lowest BCUT2D eigenvalue weighted by atomic mass is 9.69. The van der Waals surface area contributed by atoms with Gasteiger partial charge in [-0.25, -0.2) is 0 Å². The highest BCUT2D eigenvalue weighted by atomic mass is 16.4. The molecule has 3 aromatic rings. The number of nitrogens with two attached hydrogens (primary N) is 4. The number of ketones is 2. The van der Waals surface area contributed by atoms with E-state index in [1.165, 1.54) is 12.1 Å². The molecule has 268 valence electrons. The van der Waals surface area contributed by atoms with Gasteiger partial charge in [0, 0.05) is 31.0 Å². The topological polar surface area (TPSA) is 358 Å². The maximum absolute atomic E-state index is 14.0. The van der Waals surface area contributed by atoms with Crippen molar-refractivity contribution < 1.29 is 54.0 Å². The lowest BCUT2D eigenvalue weighted by Crippen LogP contribution is -2.61. The Morgan fingerprint density at radius 3 is 2.02 bits per heavy atom. The van der Waals surface area contributed by atoms with Crippen LogP contribution in [0.1, 0.15) is 60.0 Å². The molecule has 1 unspecified atom stereocenters. The highest BCUT2D eigenvalue weighted by Gasteiger charge is 2.57. The number of nitrogens with one attached hydrogen (secondary N) is 2. The second kappa shape index (κ2) is 16.4. The number of carboxylic acid groups (broad SMARTS) is 4. The predicted molar refractivity (Wildman–Crippen MR) is 174 cm³/mol. The van der Waals surface area contributed by atoms with E-state index in [0.717, 1.165) is 11.1 Å². The van der Waals surface area contributed by atoms with Gasteiger partial charge in [0.05, 0.1) is 17.5 Å². The van der Waals surface area contributed by atoms with Gasteiger partial charge in [0.25, 0.3) is 5.91 Å². The molecule has 0 radical (unpaired) electrons. The van der Waals surface area contributed by atoms with Crippen LogP contribution in [0.3, 0.4) is 0 Å². The molecule has 1 aromatic carbocycles. The van der Waals surface area contributed by atoms with Crippen LogP contribution in [0.25, 0.3) is 11.0 Å². The number of carbonyl (C=O) groups excluding carboxylic acids is 3. The number of benzene rings is 1. The zero-order valence-corrected chi connectivity index (χ0v) is 26.6. The molecule has 19 heteroatoms. The van der Waals surface area contributed by atoms with Crippen LogP contribution in [0.2, 0.25) is 0 Å². The number of anilines is 2. The molecule has 4 atom stereocenters. The van der Waals surface area contributed by atoms with Crippen molar-refractivity contribution in [2.24, 2.45) is 16.9 Å². The number of amides is 1. The van der Waals surface area contributed by atoms with Crippen molar-refractivity contribution in [1.29, 1.82) is 0 Å². The first-order chi connectivity index (χ1) is 23.5. The molecular weight excluding hydrogens is 660 g/mol. The highest BCUT2D eigenvalue weighted by molar-refractivity contribution is 6.25. The number of nitrogen functional groups attached to an aromatic ring is 2. The summed E-state index contributed by atoms with van der Waals surface area (Å²) in [5.74, 6) is -10.5. The zero-order valence-electron chi connectivity index (χ0n) is 26.6. The van der Waals surface area contributed by atoms with E-state index in [2.05, 4.69) is 20.3 Å². The molecule has 50 heavy (non-hydrogen) atoms. The molecule has 14 N–H and O–H groups in total. The monoisotopic (exact) mass is 698 g/mol. The molecule has 0 aliphatic carbocycles. The third-order valence-electron chi connectivity index (χ3n) is 8.11. The number of carbonyl (C=O) groups is 7. The van der Waals surface area contributed by atoms with E-state index in [1.807, 2.05) is 0 Å². The van der Waals surface area contributed by atoms with Crippen LogP contribution in [0.5, 0.6) is 0 Å². The number of fused-ring (bicyclic) bond motifs is 1. The van der Waals surface area contributed by atoms with Gasteiger partial charge in [0.2, 0.25) is 5.95 Å². The first-order valence-corrected chi connectivity index (χ1v) is 15.3. The van der Waals surface area contributed by atoms with E-state index in [1.54, 1.807) is 18.3 Å². The van der Waals surface area contributed by atoms with Crippen LogP contribution >= 0.6 is 0 Å². The van der Waals surface area contributed by atoms with Gasteiger partial charge in [0.15, 0.2) is 17.0 Å². The largest absolute Gasteiger partial charge is 0.481 e. The predicted octanol–water partition coefficient (Wildman–Crippen LogP) is -0.536. The van der Waals surface area contributed by atoms with Crippen molar-refractivity contribution in [2.75, 3.05) is 11.5 Å². The van der Waals surface area contributed by atoms with E-state index >= 15 is 0 Å². The number of aromatic amines is 1. The van der Waals surface area contributed by atoms with Crippen molar-refractivity contribution in [3.63, 3.8) is 0 Å². The van der Waals surface area contributed by atoms with Gasteiger partial charge >= 0.3 is 23.9 Å². The molecule has 1 amide bonds. The second-order valence-electron chi connectivity index (χ2n) is 11.6.